The number of aryl methyl sites for hydroxylation is 4. The fraction of sp³-hybridized carbons (Fsp3) is 0.0789. The number of aromatic nitrogens is 17. The minimum atomic E-state index is 1.01. The normalized spacial score (nSPS) is 10.0. The average molecular weight is 1260 g/mol. The third-order valence-electron chi connectivity index (χ3n) is 12.2. The first-order valence-corrected chi connectivity index (χ1v) is 29.9. The van der Waals surface area contributed by atoms with Gasteiger partial charge in [0.05, 0.1) is 29.9 Å². The Morgan fingerprint density at radius 2 is 0.842 bits per heavy atom. The van der Waals surface area contributed by atoms with Crippen LogP contribution in [0.15, 0.2) is 367 Å². The third kappa shape index (κ3) is 32.4. The Balaban J connectivity index is 0.000000164. The van der Waals surface area contributed by atoms with Crippen molar-refractivity contribution in [1.29, 1.82) is 0 Å². The van der Waals surface area contributed by atoms with Crippen molar-refractivity contribution < 1.29 is 0 Å². The van der Waals surface area contributed by atoms with E-state index in [1.807, 2.05) is 245 Å². The predicted octanol–water partition coefficient (Wildman–Crippen LogP) is 15.0. The van der Waals surface area contributed by atoms with Crippen LogP contribution in [0.2, 0.25) is 0 Å². The van der Waals surface area contributed by atoms with Crippen LogP contribution >= 0.6 is 0 Å². The van der Waals surface area contributed by atoms with Crippen LogP contribution in [0.1, 0.15) is 5.56 Å². The van der Waals surface area contributed by atoms with E-state index < -0.39 is 0 Å². The molecule has 19 nitrogen and oxygen atoms in total. The molecule has 5 aromatic carbocycles. The molecule has 476 valence electrons. The Hall–Kier alpha value is -12.9. The average Bonchev–Trinajstić information content (AvgIpc) is 2.15. The van der Waals surface area contributed by atoms with Gasteiger partial charge in [-0.05, 0) is 99.9 Å². The fourth-order valence-electron chi connectivity index (χ4n) is 7.48. The highest BCUT2D eigenvalue weighted by atomic mass is 15.2. The van der Waals surface area contributed by atoms with Gasteiger partial charge in [0, 0.05) is 207 Å². The second-order valence-electron chi connectivity index (χ2n) is 19.7. The molecule has 0 spiro atoms. The van der Waals surface area contributed by atoms with Gasteiger partial charge in [0.25, 0.3) is 0 Å². The maximum atomic E-state index is 4.18. The molecule has 0 unspecified atom stereocenters. The van der Waals surface area contributed by atoms with Crippen LogP contribution < -0.4 is 0 Å². The molecule has 0 amide bonds. The number of hydrogen-bond acceptors (Lipinski definition) is 15. The van der Waals surface area contributed by atoms with Crippen molar-refractivity contribution in [3.05, 3.63) is 367 Å². The van der Waals surface area contributed by atoms with Gasteiger partial charge in [-0.3, -0.25) is 34.6 Å². The van der Waals surface area contributed by atoms with E-state index in [4.69, 9.17) is 0 Å². The van der Waals surface area contributed by atoms with Crippen molar-refractivity contribution in [3.8, 4) is 0 Å². The molecule has 13 heterocycles. The standard InChI is InChI=1S/C9H9N.2C9H7N.C8H6N2.C8H7N.C5H7N.C5H5N.2C4H6N2.3C4H4N2.C3H5N/c1-10-6-8-4-2-3-5-9(8)7-10;1-2-6-9-8(4-1)5-3-7-10-9;1-2-4-9-7-10-6-5-8(9)3-1;1-2-4-8-6-10-9-5-7(8)3-1;1-2-4-8-7(3-1)5-6-9-8;1-6-4-2-3-5-6;1-2-4-6-5-3-1;1-6-3-2-5-4-6;1-6-4-2-3-5-6;1-2-6-4-3-5-1;1-2-5-4-6-3-1;1-2-4-6-5-3-1;1-4-2-3-4/h2-7H,1H3;2*1-7H;1-6H;1-4,6H,5H2;2-5H,1H3;1-5H;2*2-4H,1H3;3*1-4H;2-3H,1H3. The summed E-state index contributed by atoms with van der Waals surface area (Å²) in [5.41, 5.74) is 3.54. The van der Waals surface area contributed by atoms with Crippen molar-refractivity contribution >= 4 is 55.1 Å². The summed E-state index contributed by atoms with van der Waals surface area (Å²) >= 11 is 0. The van der Waals surface area contributed by atoms with Crippen molar-refractivity contribution in [1.82, 2.24) is 88.6 Å². The zero-order valence-electron chi connectivity index (χ0n) is 53.8. The smallest absolute Gasteiger partial charge is 0.115 e. The maximum Gasteiger partial charge on any atom is 0.115 e. The molecule has 0 saturated carbocycles. The molecule has 0 bridgehead atoms. The summed E-state index contributed by atoms with van der Waals surface area (Å²) in [6.45, 7) is 0. The van der Waals surface area contributed by atoms with Gasteiger partial charge >= 0.3 is 0 Å². The molecule has 2 aliphatic rings. The first-order chi connectivity index (χ1) is 46.8. The largest absolute Gasteiger partial charge is 0.357 e. The molecule has 11 aromatic heterocycles. The molecule has 0 N–H and O–H groups in total. The Bertz CT molecular complexity index is 3770. The van der Waals surface area contributed by atoms with Gasteiger partial charge < -0.3 is 18.6 Å². The molecule has 0 saturated heterocycles. The van der Waals surface area contributed by atoms with E-state index in [0.717, 1.165) is 28.4 Å². The molecule has 16 aromatic rings. The van der Waals surface area contributed by atoms with E-state index in [9.17, 15) is 0 Å². The van der Waals surface area contributed by atoms with E-state index in [2.05, 4.69) is 142 Å². The van der Waals surface area contributed by atoms with E-state index in [1.54, 1.807) is 104 Å². The summed E-state index contributed by atoms with van der Waals surface area (Å²) in [5, 5.41) is 27.0. The van der Waals surface area contributed by atoms with Gasteiger partial charge in [0.15, 0.2) is 0 Å². The highest BCUT2D eigenvalue weighted by molar-refractivity contribution is 5.83. The Morgan fingerprint density at radius 1 is 0.316 bits per heavy atom. The van der Waals surface area contributed by atoms with Crippen LogP contribution in [0.3, 0.4) is 0 Å². The number of imidazole rings is 1. The number of hydrogen-bond donors (Lipinski definition) is 0. The van der Waals surface area contributed by atoms with Crippen LogP contribution in [0.5, 0.6) is 0 Å². The lowest BCUT2D eigenvalue weighted by Gasteiger charge is -1.91. The van der Waals surface area contributed by atoms with E-state index in [-0.39, 0.29) is 0 Å². The summed E-state index contributed by atoms with van der Waals surface area (Å²) in [4.78, 5) is 36.7. The second kappa shape index (κ2) is 45.4. The van der Waals surface area contributed by atoms with Gasteiger partial charge in [0.1, 0.15) is 6.33 Å². The monoisotopic (exact) mass is 1260 g/mol. The third-order valence-corrected chi connectivity index (χ3v) is 12.2. The van der Waals surface area contributed by atoms with E-state index in [1.165, 1.54) is 38.8 Å². The number of nitrogens with zero attached hydrogens (tertiary/aromatic N) is 19. The number of fused-ring (bicyclic) bond motifs is 5. The molecule has 0 radical (unpaired) electrons. The maximum absolute atomic E-state index is 4.18. The molecule has 19 heteroatoms. The highest BCUT2D eigenvalue weighted by Crippen LogP contribution is 2.22. The molecule has 95 heavy (non-hydrogen) atoms. The summed E-state index contributed by atoms with van der Waals surface area (Å²) in [6, 6.07) is 63.9. The molecule has 18 rings (SSSR count). The van der Waals surface area contributed by atoms with Crippen LogP contribution in [-0.2, 0) is 34.6 Å². The first kappa shape index (κ1) is 71.2. The zero-order valence-corrected chi connectivity index (χ0v) is 53.8. The van der Waals surface area contributed by atoms with Crippen molar-refractivity contribution in [2.24, 2.45) is 33.2 Å². The topological polar surface area (TPSA) is 203 Å². The summed E-state index contributed by atoms with van der Waals surface area (Å²) < 4.78 is 7.71. The van der Waals surface area contributed by atoms with Crippen LogP contribution in [0.25, 0.3) is 43.2 Å². The number of pyridine rings is 3. The number of aliphatic imine (C=N–C) groups is 1. The molecule has 2 aliphatic heterocycles. The summed E-state index contributed by atoms with van der Waals surface area (Å²) in [7, 11) is 9.87. The lowest BCUT2D eigenvalue weighted by molar-refractivity contribution is 0.760. The summed E-state index contributed by atoms with van der Waals surface area (Å²) in [5.74, 6) is 0. The quantitative estimate of drug-likeness (QED) is 0.139. The van der Waals surface area contributed by atoms with Gasteiger partial charge in [-0.1, -0.05) is 121 Å². The SMILES string of the molecule is C1=Nc2ccccc2C1.CN1C=C1.Cn1cc2ccccc2c1.Cn1cccc1.Cn1cccn1.Cn1ccnc1.c1ccc2cnccc2c1.c1ccc2cnncc2c1.c1ccc2ncccc2c1.c1ccncc1.c1ccnnc1.c1cnccn1.c1cncnc1. The minimum absolute atomic E-state index is 1.01. The summed E-state index contributed by atoms with van der Waals surface area (Å²) in [6.07, 6.45) is 51.4. The molecule has 0 aliphatic carbocycles. The second-order valence-corrected chi connectivity index (χ2v) is 19.7. The van der Waals surface area contributed by atoms with Crippen molar-refractivity contribution in [3.63, 3.8) is 0 Å². The predicted molar refractivity (Wildman–Crippen MR) is 383 cm³/mol. The zero-order chi connectivity index (χ0) is 66.7. The Kier molecular flexibility index (Phi) is 34.0. The van der Waals surface area contributed by atoms with Crippen LogP contribution in [0, 0.1) is 0 Å². The minimum Gasteiger partial charge on any atom is -0.357 e. The Morgan fingerprint density at radius 3 is 1.24 bits per heavy atom. The number of benzene rings is 5. The van der Waals surface area contributed by atoms with Crippen molar-refractivity contribution in [2.75, 3.05) is 7.05 Å². The van der Waals surface area contributed by atoms with E-state index in [0.29, 0.717) is 0 Å². The van der Waals surface area contributed by atoms with Gasteiger partial charge in [-0.15, -0.1) is 0 Å². The Labute approximate surface area is 555 Å². The first-order valence-electron chi connectivity index (χ1n) is 29.9. The fourth-order valence-corrected chi connectivity index (χ4v) is 7.48. The number of rotatable bonds is 0. The number of para-hydroxylation sites is 2. The van der Waals surface area contributed by atoms with Crippen LogP contribution in [-0.4, -0.2) is 102 Å². The van der Waals surface area contributed by atoms with E-state index >= 15 is 0 Å². The molecule has 0 fully saturated rings. The highest BCUT2D eigenvalue weighted by Gasteiger charge is 2.02. The van der Waals surface area contributed by atoms with Gasteiger partial charge in [-0.2, -0.15) is 25.5 Å². The van der Waals surface area contributed by atoms with Crippen molar-refractivity contribution in [2.45, 2.75) is 6.42 Å². The van der Waals surface area contributed by atoms with Gasteiger partial charge in [-0.25, -0.2) is 15.0 Å². The molecular weight excluding hydrogens is 1180 g/mol. The molecular formula is C76H77N19. The lowest BCUT2D eigenvalue weighted by atomic mass is 10.2. The lowest BCUT2D eigenvalue weighted by Crippen LogP contribution is -1.83. The van der Waals surface area contributed by atoms with Gasteiger partial charge in [0.2, 0.25) is 0 Å². The molecule has 0 atom stereocenters. The van der Waals surface area contributed by atoms with Crippen LogP contribution in [0.4, 0.5) is 5.69 Å².